The Morgan fingerprint density at radius 1 is 1.41 bits per heavy atom. The number of aromatic nitrogens is 2. The summed E-state index contributed by atoms with van der Waals surface area (Å²) in [5, 5.41) is 5.08. The van der Waals surface area contributed by atoms with Crippen molar-refractivity contribution < 1.29 is 19.1 Å². The highest BCUT2D eigenvalue weighted by molar-refractivity contribution is 6.00. The van der Waals surface area contributed by atoms with Gasteiger partial charge in [-0.25, -0.2) is 0 Å². The maximum absolute atomic E-state index is 12.9. The smallest absolute Gasteiger partial charge is 0.254 e. The van der Waals surface area contributed by atoms with E-state index in [1.165, 1.54) is 30.6 Å². The van der Waals surface area contributed by atoms with E-state index in [1.807, 2.05) is 6.07 Å². The number of hydrogen-bond acceptors (Lipinski definition) is 7. The Morgan fingerprint density at radius 2 is 2.22 bits per heavy atom. The van der Waals surface area contributed by atoms with Crippen molar-refractivity contribution in [3.8, 4) is 5.75 Å². The maximum Gasteiger partial charge on any atom is 0.254 e. The predicted octanol–water partition coefficient (Wildman–Crippen LogP) is -0.171. The quantitative estimate of drug-likeness (QED) is 0.651. The molecule has 9 heteroatoms. The first-order valence-corrected chi connectivity index (χ1v) is 8.22. The van der Waals surface area contributed by atoms with E-state index in [2.05, 4.69) is 20.6 Å². The molecule has 0 bridgehead atoms. The third kappa shape index (κ3) is 3.24. The van der Waals surface area contributed by atoms with Gasteiger partial charge in [0.05, 0.1) is 25.5 Å². The lowest BCUT2D eigenvalue weighted by molar-refractivity contribution is -0.131. The highest BCUT2D eigenvalue weighted by Gasteiger charge is 2.44. The number of amides is 3. The molecule has 2 heterocycles. The van der Waals surface area contributed by atoms with Crippen LogP contribution in [0.2, 0.25) is 0 Å². The highest BCUT2D eigenvalue weighted by Crippen LogP contribution is 2.30. The molecule has 0 aliphatic carbocycles. The Hall–Kier alpha value is -3.33. The van der Waals surface area contributed by atoms with Crippen molar-refractivity contribution in [1.82, 2.24) is 25.5 Å². The van der Waals surface area contributed by atoms with Crippen LogP contribution in [-0.2, 0) is 21.7 Å². The predicted molar refractivity (Wildman–Crippen MR) is 94.7 cm³/mol. The van der Waals surface area contributed by atoms with E-state index in [4.69, 9.17) is 4.74 Å². The van der Waals surface area contributed by atoms with Crippen molar-refractivity contribution >= 4 is 18.2 Å². The number of ether oxygens (including phenoxy) is 1. The number of carbonyl (C=O) groups is 3. The first kappa shape index (κ1) is 18.5. The Balaban J connectivity index is 1.97. The van der Waals surface area contributed by atoms with Crippen LogP contribution in [0.15, 0.2) is 36.8 Å². The van der Waals surface area contributed by atoms with Crippen molar-refractivity contribution in [3.05, 3.63) is 53.6 Å². The largest absolute Gasteiger partial charge is 0.497 e. The minimum absolute atomic E-state index is 0.0301. The number of methoxy groups -OCH3 is 1. The highest BCUT2D eigenvalue weighted by atomic mass is 16.5. The van der Waals surface area contributed by atoms with Gasteiger partial charge >= 0.3 is 0 Å². The SMILES string of the molecule is CN[C@](CN1Cc2ccc(OC)cc2C1=O)(C(=O)NC=O)c1cnccn1. The van der Waals surface area contributed by atoms with E-state index < -0.39 is 11.4 Å². The molecular weight excluding hydrogens is 350 g/mol. The third-order valence-corrected chi connectivity index (χ3v) is 4.63. The summed E-state index contributed by atoms with van der Waals surface area (Å²) < 4.78 is 5.18. The molecule has 1 aromatic heterocycles. The molecule has 0 spiro atoms. The molecule has 1 aliphatic rings. The molecule has 2 aromatic rings. The summed E-state index contributed by atoms with van der Waals surface area (Å²) in [5.74, 6) is -0.274. The van der Waals surface area contributed by atoms with E-state index in [0.717, 1.165) is 5.56 Å². The van der Waals surface area contributed by atoms with Crippen LogP contribution in [0, 0.1) is 0 Å². The average Bonchev–Trinajstić information content (AvgIpc) is 3.01. The molecule has 9 nitrogen and oxygen atoms in total. The summed E-state index contributed by atoms with van der Waals surface area (Å²) >= 11 is 0. The number of hydrogen-bond donors (Lipinski definition) is 2. The monoisotopic (exact) mass is 369 g/mol. The zero-order valence-corrected chi connectivity index (χ0v) is 14.9. The van der Waals surface area contributed by atoms with Crippen molar-refractivity contribution in [3.63, 3.8) is 0 Å². The van der Waals surface area contributed by atoms with Crippen molar-refractivity contribution in [2.75, 3.05) is 20.7 Å². The summed E-state index contributed by atoms with van der Waals surface area (Å²) in [6.45, 7) is 0.300. The summed E-state index contributed by atoms with van der Waals surface area (Å²) in [4.78, 5) is 46.2. The molecule has 0 fully saturated rings. The fourth-order valence-electron chi connectivity index (χ4n) is 3.17. The summed E-state index contributed by atoms with van der Waals surface area (Å²) in [6, 6.07) is 5.27. The molecule has 0 unspecified atom stereocenters. The molecule has 3 amide bonds. The molecule has 1 aromatic carbocycles. The van der Waals surface area contributed by atoms with Crippen LogP contribution in [-0.4, -0.2) is 53.8 Å². The summed E-state index contributed by atoms with van der Waals surface area (Å²) in [5.41, 5.74) is 0.222. The minimum Gasteiger partial charge on any atom is -0.497 e. The summed E-state index contributed by atoms with van der Waals surface area (Å²) in [7, 11) is 3.10. The number of nitrogens with one attached hydrogen (secondary N) is 2. The Bertz CT molecular complexity index is 873. The number of nitrogens with zero attached hydrogens (tertiary/aromatic N) is 3. The zero-order valence-electron chi connectivity index (χ0n) is 14.9. The molecule has 3 rings (SSSR count). The van der Waals surface area contributed by atoms with Gasteiger partial charge in [0.15, 0.2) is 5.54 Å². The van der Waals surface area contributed by atoms with Gasteiger partial charge in [-0.2, -0.15) is 0 Å². The molecule has 0 saturated heterocycles. The zero-order chi connectivity index (χ0) is 19.4. The standard InChI is InChI=1S/C18H19N5O4/c1-19-18(17(26)22-11-24,15-8-20-5-6-21-15)10-23-9-12-3-4-13(27-2)7-14(12)16(23)25/h3-8,11,19H,9-10H2,1-2H3,(H,22,24,26)/t18-/m0/s1. The topological polar surface area (TPSA) is 114 Å². The van der Waals surface area contributed by atoms with Crippen LogP contribution in [0.25, 0.3) is 0 Å². The van der Waals surface area contributed by atoms with Gasteiger partial charge in [-0.1, -0.05) is 6.07 Å². The molecule has 27 heavy (non-hydrogen) atoms. The lowest BCUT2D eigenvalue weighted by atomic mass is 9.93. The molecule has 0 radical (unpaired) electrons. The fourth-order valence-corrected chi connectivity index (χ4v) is 3.17. The Labute approximate surface area is 155 Å². The van der Waals surface area contributed by atoms with Gasteiger partial charge in [-0.05, 0) is 24.7 Å². The van der Waals surface area contributed by atoms with Crippen molar-refractivity contribution in [1.29, 1.82) is 0 Å². The van der Waals surface area contributed by atoms with Gasteiger partial charge in [0.2, 0.25) is 6.41 Å². The molecular formula is C18H19N5O4. The first-order valence-electron chi connectivity index (χ1n) is 8.22. The second-order valence-corrected chi connectivity index (χ2v) is 6.02. The number of benzene rings is 1. The average molecular weight is 369 g/mol. The second kappa shape index (κ2) is 7.50. The normalized spacial score (nSPS) is 15.0. The van der Waals surface area contributed by atoms with Gasteiger partial charge < -0.3 is 9.64 Å². The molecule has 1 aliphatic heterocycles. The second-order valence-electron chi connectivity index (χ2n) is 6.02. The Morgan fingerprint density at radius 3 is 2.85 bits per heavy atom. The van der Waals surface area contributed by atoms with E-state index in [0.29, 0.717) is 30.0 Å². The lowest BCUT2D eigenvalue weighted by Crippen LogP contribution is -2.59. The van der Waals surface area contributed by atoms with E-state index in [1.54, 1.807) is 19.2 Å². The van der Waals surface area contributed by atoms with Crippen molar-refractivity contribution in [2.24, 2.45) is 0 Å². The molecule has 0 saturated carbocycles. The van der Waals surface area contributed by atoms with Crippen LogP contribution < -0.4 is 15.4 Å². The van der Waals surface area contributed by atoms with Gasteiger partial charge in [-0.15, -0.1) is 0 Å². The summed E-state index contributed by atoms with van der Waals surface area (Å²) in [6.07, 6.45) is 4.65. The molecule has 140 valence electrons. The van der Waals surface area contributed by atoms with E-state index in [-0.39, 0.29) is 12.5 Å². The number of rotatable bonds is 7. The maximum atomic E-state index is 12.9. The third-order valence-electron chi connectivity index (χ3n) is 4.63. The van der Waals surface area contributed by atoms with Crippen LogP contribution in [0.3, 0.4) is 0 Å². The van der Waals surface area contributed by atoms with E-state index in [9.17, 15) is 14.4 Å². The number of likely N-dealkylation sites (N-methyl/N-ethyl adjacent to an activating group) is 1. The molecule has 1 atom stereocenters. The van der Waals surface area contributed by atoms with Gasteiger partial charge in [-0.3, -0.25) is 35.0 Å². The van der Waals surface area contributed by atoms with Gasteiger partial charge in [0.25, 0.3) is 11.8 Å². The van der Waals surface area contributed by atoms with Gasteiger partial charge in [0.1, 0.15) is 5.75 Å². The number of imide groups is 1. The Kier molecular flexibility index (Phi) is 5.13. The fraction of sp³-hybridized carbons (Fsp3) is 0.278. The van der Waals surface area contributed by atoms with Crippen LogP contribution >= 0.6 is 0 Å². The van der Waals surface area contributed by atoms with Crippen LogP contribution in [0.1, 0.15) is 21.6 Å². The number of carbonyl (C=O) groups excluding carboxylic acids is 3. The van der Waals surface area contributed by atoms with Crippen LogP contribution in [0.5, 0.6) is 5.75 Å². The van der Waals surface area contributed by atoms with Crippen molar-refractivity contribution in [2.45, 2.75) is 12.1 Å². The van der Waals surface area contributed by atoms with Gasteiger partial charge in [0, 0.05) is 24.5 Å². The lowest BCUT2D eigenvalue weighted by Gasteiger charge is -2.34. The first-order chi connectivity index (χ1) is 13.1. The van der Waals surface area contributed by atoms with E-state index >= 15 is 0 Å². The minimum atomic E-state index is -1.43. The molecule has 2 N–H and O–H groups in total. The van der Waals surface area contributed by atoms with Crippen LogP contribution in [0.4, 0.5) is 0 Å². The number of fused-ring (bicyclic) bond motifs is 1.